The van der Waals surface area contributed by atoms with Gasteiger partial charge in [0.15, 0.2) is 0 Å². The second kappa shape index (κ2) is 6.42. The zero-order valence-electron chi connectivity index (χ0n) is 12.8. The molecule has 0 spiro atoms. The van der Waals surface area contributed by atoms with Gasteiger partial charge in [-0.25, -0.2) is 0 Å². The molecular weight excluding hydrogens is 232 g/mol. The zero-order valence-corrected chi connectivity index (χ0v) is 12.8. The van der Waals surface area contributed by atoms with Crippen LogP contribution >= 0.6 is 0 Å². The molecule has 0 aliphatic carbocycles. The number of rotatable bonds is 5. The molecule has 0 saturated carbocycles. The van der Waals surface area contributed by atoms with E-state index in [0.29, 0.717) is 18.0 Å². The molecule has 2 atom stereocenters. The summed E-state index contributed by atoms with van der Waals surface area (Å²) in [5.41, 5.74) is 2.96. The Morgan fingerprint density at radius 3 is 2.74 bits per heavy atom. The van der Waals surface area contributed by atoms with Crippen molar-refractivity contribution in [3.63, 3.8) is 0 Å². The molecule has 0 fully saturated rings. The van der Waals surface area contributed by atoms with Crippen molar-refractivity contribution in [3.05, 3.63) is 29.8 Å². The molecule has 1 N–H and O–H groups in total. The van der Waals surface area contributed by atoms with Crippen molar-refractivity contribution >= 4 is 5.69 Å². The van der Waals surface area contributed by atoms with Crippen LogP contribution in [0.2, 0.25) is 0 Å². The number of anilines is 1. The van der Waals surface area contributed by atoms with Crippen LogP contribution in [0.15, 0.2) is 24.3 Å². The molecular formula is C17H28N2. The third kappa shape index (κ3) is 3.30. The van der Waals surface area contributed by atoms with Crippen LogP contribution in [0.5, 0.6) is 0 Å². The predicted octanol–water partition coefficient (Wildman–Crippen LogP) is 3.46. The van der Waals surface area contributed by atoms with E-state index in [0.717, 1.165) is 13.1 Å². The highest BCUT2D eigenvalue weighted by molar-refractivity contribution is 5.56. The smallest absolute Gasteiger partial charge is 0.0401 e. The maximum absolute atomic E-state index is 3.64. The first-order valence-corrected chi connectivity index (χ1v) is 7.71. The van der Waals surface area contributed by atoms with Gasteiger partial charge in [0.2, 0.25) is 0 Å². The lowest BCUT2D eigenvalue weighted by molar-refractivity contribution is 0.388. The van der Waals surface area contributed by atoms with Gasteiger partial charge >= 0.3 is 0 Å². The minimum atomic E-state index is 0.568. The summed E-state index contributed by atoms with van der Waals surface area (Å²) in [6.45, 7) is 11.3. The largest absolute Gasteiger partial charge is 0.367 e. The zero-order chi connectivity index (χ0) is 13.8. The molecule has 106 valence electrons. The molecule has 2 unspecified atom stereocenters. The van der Waals surface area contributed by atoms with Gasteiger partial charge < -0.3 is 10.2 Å². The standard InChI is InChI=1S/C17H28N2/c1-5-18-16(13(2)3)12-19-14(4)10-11-15-8-6-7-9-17(15)19/h6-9,13-14,16,18H,5,10-12H2,1-4H3. The molecule has 2 heteroatoms. The lowest BCUT2D eigenvalue weighted by Crippen LogP contribution is -2.48. The summed E-state index contributed by atoms with van der Waals surface area (Å²) in [6, 6.07) is 10.1. The quantitative estimate of drug-likeness (QED) is 0.872. The second-order valence-electron chi connectivity index (χ2n) is 6.08. The molecule has 1 aliphatic heterocycles. The van der Waals surface area contributed by atoms with Gasteiger partial charge in [-0.1, -0.05) is 39.0 Å². The SMILES string of the molecule is CCNC(CN1c2ccccc2CCC1C)C(C)C. The van der Waals surface area contributed by atoms with Crippen LogP contribution in [0.1, 0.15) is 39.7 Å². The summed E-state index contributed by atoms with van der Waals surface area (Å²) in [4.78, 5) is 2.60. The number of nitrogens with one attached hydrogen (secondary N) is 1. The molecule has 2 nitrogen and oxygen atoms in total. The van der Waals surface area contributed by atoms with E-state index in [4.69, 9.17) is 0 Å². The fourth-order valence-corrected chi connectivity index (χ4v) is 3.02. The van der Waals surface area contributed by atoms with Crippen molar-refractivity contribution < 1.29 is 0 Å². The molecule has 0 amide bonds. The minimum Gasteiger partial charge on any atom is -0.367 e. The topological polar surface area (TPSA) is 15.3 Å². The summed E-state index contributed by atoms with van der Waals surface area (Å²) < 4.78 is 0. The van der Waals surface area contributed by atoms with Crippen molar-refractivity contribution in [2.24, 2.45) is 5.92 Å². The number of hydrogen-bond acceptors (Lipinski definition) is 2. The summed E-state index contributed by atoms with van der Waals surface area (Å²) in [7, 11) is 0. The first-order valence-electron chi connectivity index (χ1n) is 7.71. The predicted molar refractivity (Wildman–Crippen MR) is 83.9 cm³/mol. The Labute approximate surface area is 118 Å². The summed E-state index contributed by atoms with van der Waals surface area (Å²) in [6.07, 6.45) is 2.50. The van der Waals surface area contributed by atoms with Crippen molar-refractivity contribution in [3.8, 4) is 0 Å². The molecule has 0 saturated heterocycles. The van der Waals surface area contributed by atoms with Crippen molar-refractivity contribution in [2.75, 3.05) is 18.0 Å². The van der Waals surface area contributed by atoms with E-state index < -0.39 is 0 Å². The maximum atomic E-state index is 3.64. The lowest BCUT2D eigenvalue weighted by atomic mass is 9.94. The van der Waals surface area contributed by atoms with E-state index in [2.05, 4.69) is 62.2 Å². The summed E-state index contributed by atoms with van der Waals surface area (Å²) in [5, 5.41) is 3.64. The fraction of sp³-hybridized carbons (Fsp3) is 0.647. The Hall–Kier alpha value is -1.02. The van der Waals surface area contributed by atoms with Gasteiger partial charge in [0.25, 0.3) is 0 Å². The highest BCUT2D eigenvalue weighted by atomic mass is 15.2. The third-order valence-electron chi connectivity index (χ3n) is 4.33. The maximum Gasteiger partial charge on any atom is 0.0401 e. The Morgan fingerprint density at radius 1 is 1.32 bits per heavy atom. The van der Waals surface area contributed by atoms with Gasteiger partial charge in [-0.05, 0) is 43.9 Å². The van der Waals surface area contributed by atoms with Crippen molar-refractivity contribution in [2.45, 2.75) is 52.6 Å². The number of aryl methyl sites for hydroxylation is 1. The third-order valence-corrected chi connectivity index (χ3v) is 4.33. The highest BCUT2D eigenvalue weighted by Crippen LogP contribution is 2.30. The molecule has 1 aromatic carbocycles. The van der Waals surface area contributed by atoms with E-state index in [9.17, 15) is 0 Å². The van der Waals surface area contributed by atoms with Crippen molar-refractivity contribution in [1.29, 1.82) is 0 Å². The van der Waals surface area contributed by atoms with E-state index in [-0.39, 0.29) is 0 Å². The molecule has 1 aromatic rings. The fourth-order valence-electron chi connectivity index (χ4n) is 3.02. The summed E-state index contributed by atoms with van der Waals surface area (Å²) in [5.74, 6) is 0.668. The minimum absolute atomic E-state index is 0.568. The van der Waals surface area contributed by atoms with Crippen LogP contribution in [-0.4, -0.2) is 25.2 Å². The van der Waals surface area contributed by atoms with Crippen LogP contribution in [0.3, 0.4) is 0 Å². The van der Waals surface area contributed by atoms with Crippen LogP contribution in [0.4, 0.5) is 5.69 Å². The number of fused-ring (bicyclic) bond motifs is 1. The van der Waals surface area contributed by atoms with Gasteiger partial charge in [0.05, 0.1) is 0 Å². The normalized spacial score (nSPS) is 20.5. The molecule has 0 bridgehead atoms. The highest BCUT2D eigenvalue weighted by Gasteiger charge is 2.25. The van der Waals surface area contributed by atoms with Crippen LogP contribution < -0.4 is 10.2 Å². The van der Waals surface area contributed by atoms with Gasteiger partial charge in [0.1, 0.15) is 0 Å². The molecule has 1 heterocycles. The van der Waals surface area contributed by atoms with Crippen molar-refractivity contribution in [1.82, 2.24) is 5.32 Å². The van der Waals surface area contributed by atoms with E-state index >= 15 is 0 Å². The number of nitrogens with zero attached hydrogens (tertiary/aromatic N) is 1. The monoisotopic (exact) mass is 260 g/mol. The Balaban J connectivity index is 2.18. The molecule has 0 aromatic heterocycles. The number of benzene rings is 1. The van der Waals surface area contributed by atoms with E-state index in [1.165, 1.54) is 24.1 Å². The van der Waals surface area contributed by atoms with Gasteiger partial charge in [-0.3, -0.25) is 0 Å². The molecule has 0 radical (unpaired) electrons. The second-order valence-corrected chi connectivity index (χ2v) is 6.08. The Bertz CT molecular complexity index is 400. The van der Waals surface area contributed by atoms with Gasteiger partial charge in [-0.15, -0.1) is 0 Å². The van der Waals surface area contributed by atoms with Gasteiger partial charge in [0, 0.05) is 24.3 Å². The molecule has 2 rings (SSSR count). The first-order chi connectivity index (χ1) is 9.13. The average Bonchev–Trinajstić information content (AvgIpc) is 2.40. The number of para-hydroxylation sites is 1. The van der Waals surface area contributed by atoms with Crippen LogP contribution in [0, 0.1) is 5.92 Å². The first kappa shape index (κ1) is 14.4. The molecule has 19 heavy (non-hydrogen) atoms. The van der Waals surface area contributed by atoms with Crippen LogP contribution in [0.25, 0.3) is 0 Å². The van der Waals surface area contributed by atoms with Gasteiger partial charge in [-0.2, -0.15) is 0 Å². The Kier molecular flexibility index (Phi) is 4.87. The molecule has 1 aliphatic rings. The lowest BCUT2D eigenvalue weighted by Gasteiger charge is -2.40. The average molecular weight is 260 g/mol. The van der Waals surface area contributed by atoms with E-state index in [1.807, 2.05) is 0 Å². The number of likely N-dealkylation sites (N-methyl/N-ethyl adjacent to an activating group) is 1. The Morgan fingerprint density at radius 2 is 2.05 bits per heavy atom. The van der Waals surface area contributed by atoms with E-state index in [1.54, 1.807) is 0 Å². The summed E-state index contributed by atoms with van der Waals surface area (Å²) >= 11 is 0. The van der Waals surface area contributed by atoms with Crippen LogP contribution in [-0.2, 0) is 6.42 Å². The number of hydrogen-bond donors (Lipinski definition) is 1.